The lowest BCUT2D eigenvalue weighted by Gasteiger charge is -2.38. The Hall–Kier alpha value is -1.72. The normalized spacial score (nSPS) is 23.8. The fourth-order valence-corrected chi connectivity index (χ4v) is 4.02. The molecule has 2 fully saturated rings. The van der Waals surface area contributed by atoms with E-state index in [1.54, 1.807) is 12.1 Å². The molecule has 2 saturated heterocycles. The van der Waals surface area contributed by atoms with Crippen molar-refractivity contribution in [2.45, 2.75) is 37.3 Å². The third-order valence-corrected chi connectivity index (χ3v) is 5.49. The van der Waals surface area contributed by atoms with Crippen LogP contribution in [0.25, 0.3) is 0 Å². The van der Waals surface area contributed by atoms with Crippen LogP contribution in [0.3, 0.4) is 0 Å². The number of likely N-dealkylation sites (tertiary alicyclic amines) is 1. The molecule has 1 unspecified atom stereocenters. The van der Waals surface area contributed by atoms with Gasteiger partial charge in [-0.15, -0.1) is 0 Å². The van der Waals surface area contributed by atoms with E-state index in [-0.39, 0.29) is 11.4 Å². The van der Waals surface area contributed by atoms with Gasteiger partial charge in [-0.2, -0.15) is 5.10 Å². The molecule has 0 aliphatic carbocycles. The van der Waals surface area contributed by atoms with E-state index in [4.69, 9.17) is 4.74 Å². The van der Waals surface area contributed by atoms with Crippen LogP contribution in [0.15, 0.2) is 36.7 Å². The lowest BCUT2D eigenvalue weighted by molar-refractivity contribution is -0.0448. The van der Waals surface area contributed by atoms with E-state index in [9.17, 15) is 4.39 Å². The molecule has 0 saturated carbocycles. The van der Waals surface area contributed by atoms with Crippen LogP contribution in [-0.2, 0) is 18.3 Å². The van der Waals surface area contributed by atoms with Gasteiger partial charge in [-0.3, -0.25) is 9.58 Å². The van der Waals surface area contributed by atoms with Gasteiger partial charge >= 0.3 is 0 Å². The Balaban J connectivity index is 1.33. The van der Waals surface area contributed by atoms with Crippen LogP contribution in [0.4, 0.5) is 4.39 Å². The first-order chi connectivity index (χ1) is 11.6. The molecule has 0 bridgehead atoms. The first-order valence-corrected chi connectivity index (χ1v) is 8.71. The average Bonchev–Trinajstić information content (AvgIpc) is 3.19. The molecule has 128 valence electrons. The third kappa shape index (κ3) is 3.23. The Labute approximate surface area is 142 Å². The van der Waals surface area contributed by atoms with E-state index in [0.29, 0.717) is 5.92 Å². The number of nitrogens with zero attached hydrogens (tertiary/aromatic N) is 3. The van der Waals surface area contributed by atoms with Crippen LogP contribution >= 0.6 is 0 Å². The van der Waals surface area contributed by atoms with Crippen LogP contribution in [0, 0.1) is 5.82 Å². The zero-order chi connectivity index (χ0) is 16.6. The van der Waals surface area contributed by atoms with E-state index in [0.717, 1.165) is 45.5 Å². The van der Waals surface area contributed by atoms with Crippen LogP contribution in [0.2, 0.25) is 0 Å². The molecule has 0 amide bonds. The molecule has 4 nitrogen and oxygen atoms in total. The van der Waals surface area contributed by atoms with Gasteiger partial charge in [0.05, 0.1) is 18.4 Å². The van der Waals surface area contributed by atoms with Crippen molar-refractivity contribution in [3.8, 4) is 0 Å². The molecular weight excluding hydrogens is 305 g/mol. The van der Waals surface area contributed by atoms with Crippen LogP contribution in [0.1, 0.15) is 36.3 Å². The zero-order valence-electron chi connectivity index (χ0n) is 14.1. The fourth-order valence-electron chi connectivity index (χ4n) is 4.02. The molecule has 1 atom stereocenters. The first kappa shape index (κ1) is 15.8. The highest BCUT2D eigenvalue weighted by Gasteiger charge is 2.43. The summed E-state index contributed by atoms with van der Waals surface area (Å²) in [6.07, 6.45) is 7.33. The van der Waals surface area contributed by atoms with E-state index in [1.807, 2.05) is 30.1 Å². The maximum absolute atomic E-state index is 13.0. The molecule has 2 aromatic rings. The number of hydrogen-bond acceptors (Lipinski definition) is 3. The highest BCUT2D eigenvalue weighted by Crippen LogP contribution is 2.42. The summed E-state index contributed by atoms with van der Waals surface area (Å²) in [6, 6.07) is 6.84. The number of benzene rings is 1. The van der Waals surface area contributed by atoms with Gasteiger partial charge in [-0.1, -0.05) is 12.1 Å². The quantitative estimate of drug-likeness (QED) is 0.867. The molecule has 2 aliphatic rings. The summed E-state index contributed by atoms with van der Waals surface area (Å²) < 4.78 is 21.1. The van der Waals surface area contributed by atoms with Crippen molar-refractivity contribution < 1.29 is 9.13 Å². The maximum atomic E-state index is 13.0. The van der Waals surface area contributed by atoms with Crippen molar-refractivity contribution in [3.05, 3.63) is 53.6 Å². The average molecular weight is 329 g/mol. The number of hydrogen-bond donors (Lipinski definition) is 0. The van der Waals surface area contributed by atoms with E-state index in [2.05, 4.69) is 16.2 Å². The number of rotatable bonds is 3. The number of ether oxygens (including phenoxy) is 1. The standard InChI is InChI=1S/C19H24FN3O/c1-22-13-17(11-21-22)16-10-19(24-14-16)6-8-23(9-7-19)12-15-2-4-18(20)5-3-15/h2-5,11,13,16H,6-10,12,14H2,1H3. The van der Waals surface area contributed by atoms with E-state index in [1.165, 1.54) is 11.1 Å². The van der Waals surface area contributed by atoms with Crippen molar-refractivity contribution in [2.75, 3.05) is 19.7 Å². The van der Waals surface area contributed by atoms with E-state index < -0.39 is 0 Å². The Morgan fingerprint density at radius 1 is 1.25 bits per heavy atom. The summed E-state index contributed by atoms with van der Waals surface area (Å²) in [7, 11) is 1.96. The van der Waals surface area contributed by atoms with Gasteiger partial charge in [0, 0.05) is 38.8 Å². The van der Waals surface area contributed by atoms with Gasteiger partial charge in [0.1, 0.15) is 5.82 Å². The van der Waals surface area contributed by atoms with Gasteiger partial charge in [-0.05, 0) is 42.5 Å². The van der Waals surface area contributed by atoms with Crippen molar-refractivity contribution in [1.29, 1.82) is 0 Å². The zero-order valence-corrected chi connectivity index (χ0v) is 14.1. The maximum Gasteiger partial charge on any atom is 0.123 e. The smallest absolute Gasteiger partial charge is 0.123 e. The lowest BCUT2D eigenvalue weighted by Crippen LogP contribution is -2.43. The fraction of sp³-hybridized carbons (Fsp3) is 0.526. The molecule has 0 radical (unpaired) electrons. The summed E-state index contributed by atoms with van der Waals surface area (Å²) >= 11 is 0. The molecule has 3 heterocycles. The second-order valence-corrected chi connectivity index (χ2v) is 7.25. The summed E-state index contributed by atoms with van der Waals surface area (Å²) in [5, 5.41) is 4.29. The van der Waals surface area contributed by atoms with Crippen molar-refractivity contribution in [2.24, 2.45) is 7.05 Å². The van der Waals surface area contributed by atoms with Gasteiger partial charge in [-0.25, -0.2) is 4.39 Å². The van der Waals surface area contributed by atoms with Gasteiger partial charge < -0.3 is 4.74 Å². The van der Waals surface area contributed by atoms with Crippen LogP contribution < -0.4 is 0 Å². The van der Waals surface area contributed by atoms with Crippen molar-refractivity contribution in [3.63, 3.8) is 0 Å². The lowest BCUT2D eigenvalue weighted by atomic mass is 9.84. The molecule has 2 aliphatic heterocycles. The molecule has 24 heavy (non-hydrogen) atoms. The molecule has 0 N–H and O–H groups in total. The summed E-state index contributed by atoms with van der Waals surface area (Å²) in [5.74, 6) is 0.305. The molecule has 1 aromatic carbocycles. The SMILES string of the molecule is Cn1cc(C2COC3(CCN(Cc4ccc(F)cc4)CC3)C2)cn1. The molecule has 1 aromatic heterocycles. The molecule has 5 heteroatoms. The minimum atomic E-state index is -0.169. The highest BCUT2D eigenvalue weighted by atomic mass is 19.1. The number of aryl methyl sites for hydroxylation is 1. The Morgan fingerprint density at radius 2 is 2.00 bits per heavy atom. The van der Waals surface area contributed by atoms with Gasteiger partial charge in [0.15, 0.2) is 0 Å². The predicted octanol–water partition coefficient (Wildman–Crippen LogP) is 3.10. The Morgan fingerprint density at radius 3 is 2.67 bits per heavy atom. The van der Waals surface area contributed by atoms with Gasteiger partial charge in [0.2, 0.25) is 0 Å². The van der Waals surface area contributed by atoms with Gasteiger partial charge in [0.25, 0.3) is 0 Å². The first-order valence-electron chi connectivity index (χ1n) is 8.71. The Bertz CT molecular complexity index is 689. The topological polar surface area (TPSA) is 30.3 Å². The minimum Gasteiger partial charge on any atom is -0.374 e. The van der Waals surface area contributed by atoms with Crippen molar-refractivity contribution in [1.82, 2.24) is 14.7 Å². The minimum absolute atomic E-state index is 0.0415. The summed E-state index contributed by atoms with van der Waals surface area (Å²) in [5.41, 5.74) is 2.51. The van der Waals surface area contributed by atoms with Crippen molar-refractivity contribution >= 4 is 0 Å². The molecular formula is C19H24FN3O. The molecule has 1 spiro atoms. The second-order valence-electron chi connectivity index (χ2n) is 7.25. The highest BCUT2D eigenvalue weighted by molar-refractivity contribution is 5.17. The third-order valence-electron chi connectivity index (χ3n) is 5.49. The Kier molecular flexibility index (Phi) is 4.14. The predicted molar refractivity (Wildman–Crippen MR) is 90.2 cm³/mol. The largest absolute Gasteiger partial charge is 0.374 e. The van der Waals surface area contributed by atoms with Crippen LogP contribution in [0.5, 0.6) is 0 Å². The van der Waals surface area contributed by atoms with Crippen LogP contribution in [-0.4, -0.2) is 40.0 Å². The number of piperidine rings is 1. The summed E-state index contributed by atoms with van der Waals surface area (Å²) in [6.45, 7) is 3.78. The second kappa shape index (κ2) is 6.30. The monoisotopic (exact) mass is 329 g/mol. The molecule has 4 rings (SSSR count). The van der Waals surface area contributed by atoms with E-state index >= 15 is 0 Å². The summed E-state index contributed by atoms with van der Waals surface area (Å²) in [4.78, 5) is 2.44. The number of halogens is 1. The number of aromatic nitrogens is 2.